The molecule has 1 aliphatic carbocycles. The van der Waals surface area contributed by atoms with Crippen molar-refractivity contribution < 1.29 is 9.53 Å². The van der Waals surface area contributed by atoms with Crippen molar-refractivity contribution in [2.75, 3.05) is 6.61 Å². The van der Waals surface area contributed by atoms with E-state index in [4.69, 9.17) is 4.74 Å². The number of hydrogen-bond acceptors (Lipinski definition) is 4. The topological polar surface area (TPSA) is 61.2 Å². The lowest BCUT2D eigenvalue weighted by molar-refractivity contribution is -0.145. The van der Waals surface area contributed by atoms with Gasteiger partial charge in [0, 0.05) is 11.0 Å². The number of aromatic nitrogens is 2. The normalized spacial score (nSPS) is 19.9. The molecule has 3 rings (SSSR count). The predicted octanol–water partition coefficient (Wildman–Crippen LogP) is 3.69. The molecule has 2 atom stereocenters. The fourth-order valence-corrected chi connectivity index (χ4v) is 3.37. The predicted molar refractivity (Wildman–Crippen MR) is 100 cm³/mol. The minimum absolute atomic E-state index is 0.148. The number of rotatable bonds is 5. The van der Waals surface area contributed by atoms with Gasteiger partial charge in [-0.1, -0.05) is 35.0 Å². The lowest BCUT2D eigenvalue weighted by Crippen LogP contribution is -2.24. The second kappa shape index (κ2) is 7.95. The molecule has 2 aromatic rings. The van der Waals surface area contributed by atoms with Crippen molar-refractivity contribution in [1.29, 1.82) is 0 Å². The van der Waals surface area contributed by atoms with Crippen molar-refractivity contribution in [3.8, 4) is 0 Å². The summed E-state index contributed by atoms with van der Waals surface area (Å²) in [4.78, 5) is 28.8. The first kappa shape index (κ1) is 17.9. The molecule has 0 N–H and O–H groups in total. The van der Waals surface area contributed by atoms with Gasteiger partial charge < -0.3 is 4.74 Å². The third-order valence-corrected chi connectivity index (χ3v) is 5.21. The van der Waals surface area contributed by atoms with Crippen LogP contribution in [-0.2, 0) is 16.1 Å². The number of halogens is 1. The largest absolute Gasteiger partial charge is 0.465 e. The molecule has 25 heavy (non-hydrogen) atoms. The maximum Gasteiger partial charge on any atom is 0.307 e. The summed E-state index contributed by atoms with van der Waals surface area (Å²) in [5.74, 6) is 0.642. The lowest BCUT2D eigenvalue weighted by atomic mass is 9.85. The van der Waals surface area contributed by atoms with Crippen LogP contribution in [0.25, 0.3) is 10.9 Å². The van der Waals surface area contributed by atoms with Crippen molar-refractivity contribution in [3.05, 3.63) is 51.5 Å². The molecule has 1 aromatic carbocycles. The molecule has 5 nitrogen and oxygen atoms in total. The van der Waals surface area contributed by atoms with E-state index in [1.54, 1.807) is 12.1 Å². The van der Waals surface area contributed by atoms with Crippen LogP contribution in [0, 0.1) is 11.8 Å². The van der Waals surface area contributed by atoms with Crippen LogP contribution in [0.2, 0.25) is 0 Å². The average molecular weight is 405 g/mol. The van der Waals surface area contributed by atoms with Crippen molar-refractivity contribution in [3.63, 3.8) is 0 Å². The van der Waals surface area contributed by atoms with Gasteiger partial charge in [-0.25, -0.2) is 4.98 Å². The van der Waals surface area contributed by atoms with E-state index in [-0.39, 0.29) is 24.5 Å². The van der Waals surface area contributed by atoms with E-state index in [9.17, 15) is 9.59 Å². The van der Waals surface area contributed by atoms with Crippen molar-refractivity contribution >= 4 is 32.8 Å². The molecule has 0 aliphatic heterocycles. The number of nitrogens with zero attached hydrogens (tertiary/aromatic N) is 2. The van der Waals surface area contributed by atoms with Gasteiger partial charge in [0.15, 0.2) is 0 Å². The lowest BCUT2D eigenvalue weighted by Gasteiger charge is -2.24. The Morgan fingerprint density at radius 2 is 2.16 bits per heavy atom. The Balaban J connectivity index is 1.58. The van der Waals surface area contributed by atoms with Crippen molar-refractivity contribution in [2.45, 2.75) is 32.7 Å². The van der Waals surface area contributed by atoms with E-state index in [1.165, 1.54) is 10.9 Å². The molecular formula is C19H21BrN2O3. The molecular weight excluding hydrogens is 384 g/mol. The van der Waals surface area contributed by atoms with Gasteiger partial charge in [-0.15, -0.1) is 0 Å². The first-order chi connectivity index (χ1) is 12.0. The van der Waals surface area contributed by atoms with Gasteiger partial charge in [-0.05, 0) is 42.9 Å². The summed E-state index contributed by atoms with van der Waals surface area (Å²) in [5, 5.41) is 0.535. The number of esters is 1. The molecule has 0 amide bonds. The first-order valence-electron chi connectivity index (χ1n) is 8.50. The number of allylic oxidation sites excluding steroid dienone is 2. The smallest absolute Gasteiger partial charge is 0.307 e. The Kier molecular flexibility index (Phi) is 5.68. The van der Waals surface area contributed by atoms with E-state index in [1.807, 2.05) is 6.07 Å². The van der Waals surface area contributed by atoms with Crippen LogP contribution in [0.4, 0.5) is 0 Å². The Morgan fingerprint density at radius 1 is 1.36 bits per heavy atom. The van der Waals surface area contributed by atoms with E-state index in [2.05, 4.69) is 40.0 Å². The van der Waals surface area contributed by atoms with Gasteiger partial charge in [0.05, 0.1) is 30.3 Å². The Bertz CT molecular complexity index is 859. The monoisotopic (exact) mass is 404 g/mol. The highest BCUT2D eigenvalue weighted by Crippen LogP contribution is 2.25. The number of aryl methyl sites for hydroxylation is 1. The van der Waals surface area contributed by atoms with Crippen LogP contribution in [0.5, 0.6) is 0 Å². The molecule has 0 bridgehead atoms. The second-order valence-electron chi connectivity index (χ2n) is 6.52. The minimum atomic E-state index is -0.275. The van der Waals surface area contributed by atoms with Crippen molar-refractivity contribution in [1.82, 2.24) is 9.55 Å². The molecule has 2 unspecified atom stereocenters. The molecule has 132 valence electrons. The van der Waals surface area contributed by atoms with Gasteiger partial charge in [-0.3, -0.25) is 14.2 Å². The summed E-state index contributed by atoms with van der Waals surface area (Å²) in [6.45, 7) is 2.90. The summed E-state index contributed by atoms with van der Waals surface area (Å²) >= 11 is 3.36. The fraction of sp³-hybridized carbons (Fsp3) is 0.421. The first-order valence-corrected chi connectivity index (χ1v) is 9.29. The van der Waals surface area contributed by atoms with E-state index in [0.29, 0.717) is 29.3 Å². The van der Waals surface area contributed by atoms with Crippen LogP contribution in [0.1, 0.15) is 26.2 Å². The van der Waals surface area contributed by atoms with Gasteiger partial charge >= 0.3 is 5.97 Å². The van der Waals surface area contributed by atoms with Crippen LogP contribution < -0.4 is 5.56 Å². The molecule has 0 spiro atoms. The highest BCUT2D eigenvalue weighted by atomic mass is 79.9. The summed E-state index contributed by atoms with van der Waals surface area (Å²) < 4.78 is 7.69. The van der Waals surface area contributed by atoms with Crippen LogP contribution in [0.15, 0.2) is 45.9 Å². The highest BCUT2D eigenvalue weighted by Gasteiger charge is 2.20. The third-order valence-electron chi connectivity index (χ3n) is 4.72. The minimum Gasteiger partial charge on any atom is -0.465 e. The highest BCUT2D eigenvalue weighted by molar-refractivity contribution is 9.10. The molecule has 1 aromatic heterocycles. The molecule has 0 saturated heterocycles. The second-order valence-corrected chi connectivity index (χ2v) is 7.43. The summed E-state index contributed by atoms with van der Waals surface area (Å²) in [7, 11) is 0. The molecule has 0 fully saturated rings. The van der Waals surface area contributed by atoms with E-state index >= 15 is 0 Å². The van der Waals surface area contributed by atoms with E-state index < -0.39 is 0 Å². The van der Waals surface area contributed by atoms with E-state index in [0.717, 1.165) is 17.3 Å². The zero-order valence-corrected chi connectivity index (χ0v) is 15.7. The Morgan fingerprint density at radius 3 is 2.96 bits per heavy atom. The number of benzene rings is 1. The zero-order valence-electron chi connectivity index (χ0n) is 14.2. The van der Waals surface area contributed by atoms with Crippen molar-refractivity contribution in [2.24, 2.45) is 11.8 Å². The number of carbonyl (C=O) groups is 1. The average Bonchev–Trinajstić information content (AvgIpc) is 2.61. The standard InChI is InChI=1S/C19H21BrN2O3/c1-13-4-2-3-5-14(13)11-25-18(23)8-9-22-12-21-17-7-6-15(20)10-16(17)19(22)24/h2-3,6-7,10,12-14H,4-5,8-9,11H2,1H3. The molecule has 1 aliphatic rings. The zero-order chi connectivity index (χ0) is 17.8. The van der Waals surface area contributed by atoms with Crippen LogP contribution in [-0.4, -0.2) is 22.1 Å². The maximum absolute atomic E-state index is 12.5. The number of carbonyl (C=O) groups excluding carboxylic acids is 1. The molecule has 1 heterocycles. The number of fused-ring (bicyclic) bond motifs is 1. The SMILES string of the molecule is CC1CC=CCC1COC(=O)CCn1cnc2ccc(Br)cc2c1=O. The summed E-state index contributed by atoms with van der Waals surface area (Å²) in [5.41, 5.74) is 0.497. The Hall–Kier alpha value is -1.95. The molecule has 6 heteroatoms. The summed E-state index contributed by atoms with van der Waals surface area (Å²) in [6.07, 6.45) is 7.97. The Labute approximate surface area is 154 Å². The number of ether oxygens (including phenoxy) is 1. The van der Waals surface area contributed by atoms with Gasteiger partial charge in [0.1, 0.15) is 0 Å². The number of hydrogen-bond donors (Lipinski definition) is 0. The van der Waals surface area contributed by atoms with Gasteiger partial charge in [0.2, 0.25) is 0 Å². The molecule has 0 radical (unpaired) electrons. The van der Waals surface area contributed by atoms with Gasteiger partial charge in [-0.2, -0.15) is 0 Å². The third kappa shape index (κ3) is 4.37. The quantitative estimate of drug-likeness (QED) is 0.562. The van der Waals surface area contributed by atoms with Crippen LogP contribution >= 0.6 is 15.9 Å². The fourth-order valence-electron chi connectivity index (χ4n) is 3.01. The molecule has 0 saturated carbocycles. The summed E-state index contributed by atoms with van der Waals surface area (Å²) in [6, 6.07) is 5.38. The van der Waals surface area contributed by atoms with Gasteiger partial charge in [0.25, 0.3) is 5.56 Å². The van der Waals surface area contributed by atoms with Crippen LogP contribution in [0.3, 0.4) is 0 Å². The maximum atomic E-state index is 12.5.